The predicted octanol–water partition coefficient (Wildman–Crippen LogP) is 13.7. The second-order valence-corrected chi connectivity index (χ2v) is 23.5. The monoisotopic (exact) mass is 1390 g/mol. The molecule has 2 aromatic heterocycles. The number of allylic oxidation sites excluding steroid dienone is 2. The molecule has 8 N–H and O–H groups in total. The number of carbonyl (C=O) groups is 4. The molecule has 2 radical (unpaired) electrons. The van der Waals surface area contributed by atoms with Gasteiger partial charge in [0.05, 0.1) is 15.6 Å². The van der Waals surface area contributed by atoms with Gasteiger partial charge >= 0.3 is 18.2 Å². The molecule has 4 atom stereocenters. The fourth-order valence-electron chi connectivity index (χ4n) is 10.3. The molecule has 4 aromatic carbocycles. The first-order chi connectivity index (χ1) is 39.6. The zero-order valence-corrected chi connectivity index (χ0v) is 53.5. The van der Waals surface area contributed by atoms with Gasteiger partial charge in [0.15, 0.2) is 0 Å². The fraction of sp³-hybridized carbons (Fsp3) is 0.344. The summed E-state index contributed by atoms with van der Waals surface area (Å²) < 4.78 is 15.6. The number of fused-ring (bicyclic) bond motifs is 2. The van der Waals surface area contributed by atoms with Crippen molar-refractivity contribution in [2.24, 2.45) is 5.73 Å². The van der Waals surface area contributed by atoms with Gasteiger partial charge in [0, 0.05) is 104 Å². The number of benzene rings is 4. The summed E-state index contributed by atoms with van der Waals surface area (Å²) in [5.41, 5.74) is 16.3. The van der Waals surface area contributed by atoms with Crippen LogP contribution in [0.25, 0.3) is 11.1 Å². The number of ether oxygens (including phenoxy) is 2. The third kappa shape index (κ3) is 19.2. The number of carboxylic acid groups (broad SMARTS) is 1. The van der Waals surface area contributed by atoms with Crippen molar-refractivity contribution in [3.05, 3.63) is 188 Å². The Kier molecular flexibility index (Phi) is 22.9. The molecule has 4 aliphatic carbocycles. The van der Waals surface area contributed by atoms with Gasteiger partial charge in [-0.25, -0.2) is 24.4 Å². The van der Waals surface area contributed by atoms with Crippen LogP contribution in [-0.2, 0) is 22.3 Å². The fourth-order valence-corrected chi connectivity index (χ4v) is 10.7. The predicted molar refractivity (Wildman–Crippen MR) is 331 cm³/mol. The molecule has 83 heavy (non-hydrogen) atoms. The van der Waals surface area contributed by atoms with Gasteiger partial charge in [0.25, 0.3) is 5.91 Å². The van der Waals surface area contributed by atoms with Crippen LogP contribution < -0.4 is 32.3 Å². The van der Waals surface area contributed by atoms with Crippen molar-refractivity contribution in [1.82, 2.24) is 15.3 Å². The number of pyridine rings is 2. The minimum absolute atomic E-state index is 0. The van der Waals surface area contributed by atoms with Crippen LogP contribution in [0.2, 0.25) is 10.0 Å². The summed E-state index contributed by atoms with van der Waals surface area (Å²) in [6, 6.07) is 34.6. The molecule has 3 amide bonds. The SMILES string of the molecule is CC(C)(C)OC(=O)Nc1ccc(C(=O)N[C@H]2CCC[C@@H](Nc3cc(C4=CCc5ccccc54)c(Cl)cn3)C2)cc1.CC(C)(C)OC(=O)Nc1ccc(C(=O)O)cc1.N[C@H]1CCC[C@@H](Nc2cc(C3=CCc4ccccc43)c(Cl)cn2)C1.[3H][B].[U]. The Balaban J connectivity index is 0.000000218. The van der Waals surface area contributed by atoms with Crippen LogP contribution in [-0.4, -0.2) is 84.2 Å². The summed E-state index contributed by atoms with van der Waals surface area (Å²) in [6.45, 7) is 10.7. The summed E-state index contributed by atoms with van der Waals surface area (Å²) in [4.78, 5) is 56.0. The van der Waals surface area contributed by atoms with Crippen LogP contribution in [0.1, 0.15) is 147 Å². The molecule has 432 valence electrons. The van der Waals surface area contributed by atoms with E-state index in [0.29, 0.717) is 39.1 Å². The number of aromatic carboxylic acids is 1. The number of carboxylic acids is 1. The van der Waals surface area contributed by atoms with Crippen LogP contribution in [0.3, 0.4) is 0 Å². The van der Waals surface area contributed by atoms with Gasteiger partial charge in [-0.05, 0) is 201 Å². The van der Waals surface area contributed by atoms with E-state index in [1.807, 2.05) is 26.8 Å². The molecule has 2 saturated carbocycles. The third-order valence-electron chi connectivity index (χ3n) is 14.0. The largest absolute Gasteiger partial charge is 0.478 e. The van der Waals surface area contributed by atoms with Crippen molar-refractivity contribution in [1.29, 1.82) is 1.34 Å². The van der Waals surface area contributed by atoms with Crippen LogP contribution in [0.15, 0.2) is 134 Å². The number of nitrogens with one attached hydrogen (secondary N) is 5. The van der Waals surface area contributed by atoms with Crippen molar-refractivity contribution in [3.8, 4) is 0 Å². The second-order valence-electron chi connectivity index (χ2n) is 22.7. The van der Waals surface area contributed by atoms with Gasteiger partial charge in [-0.3, -0.25) is 15.4 Å². The summed E-state index contributed by atoms with van der Waals surface area (Å²) in [5, 5.41) is 25.5. The summed E-state index contributed by atoms with van der Waals surface area (Å²) >= 11 is 13.0. The number of carbonyl (C=O) groups excluding carboxylic acids is 3. The van der Waals surface area contributed by atoms with Gasteiger partial charge in [0.2, 0.25) is 0 Å². The number of aromatic nitrogens is 2. The van der Waals surface area contributed by atoms with Crippen LogP contribution in [0.5, 0.6) is 0 Å². The molecule has 0 aliphatic heterocycles. The first-order valence-electron chi connectivity index (χ1n) is 28.1. The first-order valence-corrected chi connectivity index (χ1v) is 28.3. The van der Waals surface area contributed by atoms with E-state index in [2.05, 4.69) is 112 Å². The van der Waals surface area contributed by atoms with E-state index in [1.165, 1.54) is 58.5 Å². The van der Waals surface area contributed by atoms with E-state index in [4.69, 9.17) is 44.9 Å². The molecule has 0 spiro atoms. The van der Waals surface area contributed by atoms with Gasteiger partial charge in [-0.15, -0.1) is 0 Å². The molecule has 19 heteroatoms. The number of halogens is 2. The van der Waals surface area contributed by atoms with Gasteiger partial charge in [-0.2, -0.15) is 0 Å². The minimum atomic E-state index is -1.01. The number of anilines is 4. The van der Waals surface area contributed by atoms with E-state index >= 15 is 0 Å². The Hall–Kier alpha value is -6.60. The molecular weight excluding hydrogens is 1310 g/mol. The topological polar surface area (TPSA) is 219 Å². The number of amides is 3. The second kappa shape index (κ2) is 29.8. The molecular formula is C64H73BCl2N8O7U. The minimum Gasteiger partial charge on any atom is -0.478 e. The van der Waals surface area contributed by atoms with Gasteiger partial charge in [0.1, 0.15) is 22.8 Å². The summed E-state index contributed by atoms with van der Waals surface area (Å²) in [6.07, 6.45) is 16.9. The maximum Gasteiger partial charge on any atom is 0.412 e. The van der Waals surface area contributed by atoms with Crippen molar-refractivity contribution in [2.45, 2.75) is 141 Å². The molecule has 15 nitrogen and oxygen atoms in total. The quantitative estimate of drug-likeness (QED) is 0.0603. The number of hydrogen-bond donors (Lipinski definition) is 7. The maximum absolute atomic E-state index is 13.0. The number of hydrogen-bond acceptors (Lipinski definition) is 11. The average molecular weight is 1390 g/mol. The molecule has 0 bridgehead atoms. The molecule has 4 aliphatic rings. The molecule has 0 saturated heterocycles. The third-order valence-corrected chi connectivity index (χ3v) is 14.6. The van der Waals surface area contributed by atoms with Crippen LogP contribution in [0, 0.1) is 31.1 Å². The van der Waals surface area contributed by atoms with Crippen molar-refractivity contribution in [3.63, 3.8) is 0 Å². The first kappa shape index (κ1) is 64.0. The Morgan fingerprint density at radius 3 is 1.47 bits per heavy atom. The normalized spacial score (nSPS) is 17.7. The smallest absolute Gasteiger partial charge is 0.412 e. The zero-order chi connectivity index (χ0) is 59.8. The number of nitrogens with two attached hydrogens (primary N) is 1. The average Bonchev–Trinajstić information content (AvgIpc) is 3.12. The molecule has 10 rings (SSSR count). The van der Waals surface area contributed by atoms with E-state index < -0.39 is 29.4 Å². The zero-order valence-electron chi connectivity index (χ0n) is 48.8. The summed E-state index contributed by atoms with van der Waals surface area (Å²) in [5.74, 6) is 0.538. The van der Waals surface area contributed by atoms with Crippen molar-refractivity contribution in [2.75, 3.05) is 21.3 Å². The van der Waals surface area contributed by atoms with Gasteiger partial charge in [-0.1, -0.05) is 83.9 Å². The van der Waals surface area contributed by atoms with Crippen molar-refractivity contribution < 1.29 is 64.9 Å². The Morgan fingerprint density at radius 1 is 0.602 bits per heavy atom. The number of rotatable bonds is 11. The number of nitrogens with zero attached hydrogens (tertiary/aromatic N) is 2. The standard InChI is InChI=1S/C32H35ClN4O3.C20H22ClN3.C12H15NO4.BH.U/c1-32(2,3)40-31(39)37-22-14-11-21(12-15-22)30(38)36-24-9-6-8-23(17-24)35-29-18-27(28(33)19-34-29)26-16-13-20-7-4-5-10-25(20)26;21-19-12-23-20(24-15-6-3-5-14(22)10-15)11-18(19)17-9-8-13-4-1-2-7-16(13)17;1-12(2,3)17-11(16)13-9-6-4-8(5-7-9)10(14)15;;/h4-5,7,10-12,14-16,18-19,23-24H,6,8-9,13,17H2,1-3H3,(H,34,35)(H,36,38)(H,37,39);1-2,4,7,9,11-12,14-15H,3,5-6,8,10,22H2,(H,23,24);4-7H,1-3H3,(H,13,16)(H,14,15);1H;/t23-,24+;14-,15+;;;/m10.../s1/i;;;1T;. The van der Waals surface area contributed by atoms with E-state index in [0.717, 1.165) is 86.1 Å². The summed E-state index contributed by atoms with van der Waals surface area (Å²) in [7, 11) is 3.75. The van der Waals surface area contributed by atoms with Crippen LogP contribution >= 0.6 is 23.2 Å². The van der Waals surface area contributed by atoms with Gasteiger partial charge < -0.3 is 36.3 Å². The van der Waals surface area contributed by atoms with E-state index in [9.17, 15) is 19.2 Å². The molecule has 2 heterocycles. The van der Waals surface area contributed by atoms with E-state index in [-0.39, 0.29) is 54.7 Å². The molecule has 0 unspecified atom stereocenters. The van der Waals surface area contributed by atoms with E-state index in [1.54, 1.807) is 57.4 Å². The van der Waals surface area contributed by atoms with Crippen LogP contribution in [0.4, 0.5) is 32.6 Å². The molecule has 2 fully saturated rings. The maximum atomic E-state index is 13.0. The van der Waals surface area contributed by atoms with Crippen molar-refractivity contribution >= 4 is 89.8 Å². The Labute approximate surface area is 524 Å². The Morgan fingerprint density at radius 2 is 1.02 bits per heavy atom. The Bertz CT molecular complexity index is 3300. The molecule has 6 aromatic rings.